The van der Waals surface area contributed by atoms with E-state index in [1.54, 1.807) is 23.1 Å². The number of sulfonamides is 1. The highest BCUT2D eigenvalue weighted by molar-refractivity contribution is 7.92. The van der Waals surface area contributed by atoms with E-state index in [1.165, 1.54) is 12.1 Å². The Bertz CT molecular complexity index is 1970. The maximum atomic E-state index is 14.6. The number of ether oxygens (including phenoxy) is 2. The summed E-state index contributed by atoms with van der Waals surface area (Å²) < 4.78 is 42.4. The van der Waals surface area contributed by atoms with Crippen molar-refractivity contribution in [2.24, 2.45) is 5.41 Å². The van der Waals surface area contributed by atoms with E-state index in [2.05, 4.69) is 54.2 Å². The Balaban J connectivity index is 1.61. The molecule has 5 rings (SSSR count). The van der Waals surface area contributed by atoms with E-state index >= 15 is 0 Å². The van der Waals surface area contributed by atoms with Crippen molar-refractivity contribution >= 4 is 27.7 Å². The number of nitrogens with zero attached hydrogens (tertiary/aromatic N) is 5. The van der Waals surface area contributed by atoms with Crippen molar-refractivity contribution < 1.29 is 22.7 Å². The Hall–Kier alpha value is -4.55. The van der Waals surface area contributed by atoms with Crippen LogP contribution in [0.2, 0.25) is 0 Å². The van der Waals surface area contributed by atoms with Gasteiger partial charge >= 0.3 is 0 Å². The van der Waals surface area contributed by atoms with Crippen molar-refractivity contribution in [2.75, 3.05) is 29.4 Å². The van der Waals surface area contributed by atoms with Gasteiger partial charge in [0.25, 0.3) is 15.9 Å². The predicted octanol–water partition coefficient (Wildman–Crippen LogP) is 7.44. The monoisotopic (exact) mass is 728 g/mol. The molecule has 0 aliphatic carbocycles. The van der Waals surface area contributed by atoms with E-state index in [-0.39, 0.29) is 58.9 Å². The van der Waals surface area contributed by atoms with Gasteiger partial charge < -0.3 is 19.3 Å². The predicted molar refractivity (Wildman–Crippen MR) is 205 cm³/mol. The fraction of sp³-hybridized carbons (Fsp3) is 0.450. The van der Waals surface area contributed by atoms with Crippen LogP contribution in [0.4, 0.5) is 11.8 Å². The molecule has 4 bridgehead atoms. The Morgan fingerprint density at radius 3 is 2.33 bits per heavy atom. The van der Waals surface area contributed by atoms with Crippen molar-refractivity contribution in [1.29, 1.82) is 0 Å². The van der Waals surface area contributed by atoms with Gasteiger partial charge in [-0.05, 0) is 94.8 Å². The number of hydrogen-bond acceptors (Lipinski definition) is 9. The minimum atomic E-state index is -4.19. The van der Waals surface area contributed by atoms with Crippen LogP contribution in [0.25, 0.3) is 11.3 Å². The molecule has 2 aromatic carbocycles. The SMILES string of the molecule is Cc1cccc(C)c1-c1cc2nc(n1)NS(=O)(=O)c1cccc(c1)C(=O)N(Cc1cccc(N(CCOC(C)C)C(C)C)n1)[C@H](CC(C)(C)C)CO2. The van der Waals surface area contributed by atoms with Crippen LogP contribution in [-0.2, 0) is 21.3 Å². The molecule has 3 heterocycles. The van der Waals surface area contributed by atoms with Gasteiger partial charge in [0.05, 0.1) is 41.6 Å². The second kappa shape index (κ2) is 16.0. The van der Waals surface area contributed by atoms with Crippen molar-refractivity contribution in [3.8, 4) is 17.1 Å². The van der Waals surface area contributed by atoms with E-state index in [4.69, 9.17) is 14.5 Å². The Morgan fingerprint density at radius 2 is 1.65 bits per heavy atom. The molecule has 0 unspecified atom stereocenters. The molecule has 1 aliphatic rings. The summed E-state index contributed by atoms with van der Waals surface area (Å²) in [6.07, 6.45) is 0.706. The van der Waals surface area contributed by atoms with Gasteiger partial charge in [-0.3, -0.25) is 4.79 Å². The number of hydrogen-bond donors (Lipinski definition) is 1. The number of amides is 1. The van der Waals surface area contributed by atoms with Gasteiger partial charge in [-0.2, -0.15) is 4.98 Å². The zero-order valence-electron chi connectivity index (χ0n) is 31.8. The zero-order chi connectivity index (χ0) is 37.8. The molecule has 52 heavy (non-hydrogen) atoms. The molecule has 1 atom stereocenters. The highest BCUT2D eigenvalue weighted by Crippen LogP contribution is 2.32. The molecule has 1 N–H and O–H groups in total. The first-order valence-corrected chi connectivity index (χ1v) is 19.4. The van der Waals surface area contributed by atoms with Crippen LogP contribution in [0.5, 0.6) is 5.88 Å². The summed E-state index contributed by atoms with van der Waals surface area (Å²) >= 11 is 0. The quantitative estimate of drug-likeness (QED) is 0.177. The first-order valence-electron chi connectivity index (χ1n) is 17.9. The normalized spacial score (nSPS) is 16.1. The number of benzene rings is 2. The van der Waals surface area contributed by atoms with Gasteiger partial charge in [-0.1, -0.05) is 51.1 Å². The summed E-state index contributed by atoms with van der Waals surface area (Å²) in [5.74, 6) is 0.527. The highest BCUT2D eigenvalue weighted by Gasteiger charge is 2.32. The first-order chi connectivity index (χ1) is 24.5. The average molecular weight is 729 g/mol. The maximum absolute atomic E-state index is 14.6. The summed E-state index contributed by atoms with van der Waals surface area (Å²) in [6, 6.07) is 19.3. The zero-order valence-corrected chi connectivity index (χ0v) is 32.6. The molecule has 1 aliphatic heterocycles. The number of nitrogens with one attached hydrogen (secondary N) is 1. The number of aryl methyl sites for hydroxylation is 2. The third-order valence-electron chi connectivity index (χ3n) is 8.86. The van der Waals surface area contributed by atoms with Crippen LogP contribution in [-0.4, -0.2) is 72.1 Å². The Morgan fingerprint density at radius 1 is 0.962 bits per heavy atom. The lowest BCUT2D eigenvalue weighted by atomic mass is 9.87. The van der Waals surface area contributed by atoms with E-state index in [1.807, 2.05) is 64.1 Å². The van der Waals surface area contributed by atoms with E-state index < -0.39 is 16.1 Å². The lowest BCUT2D eigenvalue weighted by Gasteiger charge is -2.36. The largest absolute Gasteiger partial charge is 0.475 e. The summed E-state index contributed by atoms with van der Waals surface area (Å²) in [4.78, 5) is 32.7. The molecule has 278 valence electrons. The van der Waals surface area contributed by atoms with E-state index in [0.29, 0.717) is 31.0 Å². The molecule has 11 nitrogen and oxygen atoms in total. The third kappa shape index (κ3) is 9.65. The molecule has 0 saturated carbocycles. The summed E-state index contributed by atoms with van der Waals surface area (Å²) in [5.41, 5.74) is 4.06. The van der Waals surface area contributed by atoms with Crippen LogP contribution < -0.4 is 14.4 Å². The lowest BCUT2D eigenvalue weighted by Crippen LogP contribution is -2.45. The highest BCUT2D eigenvalue weighted by atomic mass is 32.2. The number of carbonyl (C=O) groups excluding carboxylic acids is 1. The van der Waals surface area contributed by atoms with Crippen LogP contribution in [0.3, 0.4) is 0 Å². The van der Waals surface area contributed by atoms with Crippen LogP contribution in [0.15, 0.2) is 71.6 Å². The second-order valence-corrected chi connectivity index (χ2v) is 16.9. The van der Waals surface area contributed by atoms with Gasteiger partial charge in [0.1, 0.15) is 12.4 Å². The van der Waals surface area contributed by atoms with Gasteiger partial charge in [0.15, 0.2) is 0 Å². The van der Waals surface area contributed by atoms with Crippen LogP contribution in [0, 0.1) is 19.3 Å². The topological polar surface area (TPSA) is 127 Å². The fourth-order valence-corrected chi connectivity index (χ4v) is 7.45. The van der Waals surface area contributed by atoms with E-state index in [9.17, 15) is 13.2 Å². The Kier molecular flexibility index (Phi) is 11.9. The van der Waals surface area contributed by atoms with Gasteiger partial charge in [0, 0.05) is 29.8 Å². The van der Waals surface area contributed by atoms with Crippen LogP contribution >= 0.6 is 0 Å². The number of rotatable bonds is 10. The summed E-state index contributed by atoms with van der Waals surface area (Å²) in [7, 11) is -4.19. The fourth-order valence-electron chi connectivity index (χ4n) is 6.46. The average Bonchev–Trinajstić information content (AvgIpc) is 3.06. The molecule has 12 heteroatoms. The summed E-state index contributed by atoms with van der Waals surface area (Å²) in [5, 5.41) is 0. The van der Waals surface area contributed by atoms with E-state index in [0.717, 1.165) is 22.5 Å². The minimum Gasteiger partial charge on any atom is -0.475 e. The van der Waals surface area contributed by atoms with Gasteiger partial charge in [-0.25, -0.2) is 23.1 Å². The minimum absolute atomic E-state index is 0.0789. The summed E-state index contributed by atoms with van der Waals surface area (Å²) in [6.45, 7) is 20.1. The maximum Gasteiger partial charge on any atom is 0.264 e. The molecule has 1 amide bonds. The molecule has 0 radical (unpaired) electrons. The number of pyridine rings is 1. The molecule has 0 fully saturated rings. The molecule has 4 aromatic rings. The first kappa shape index (κ1) is 38.7. The number of aromatic nitrogens is 3. The number of anilines is 2. The Labute approximate surface area is 308 Å². The standard InChI is InChI=1S/C40H52N6O5S/c1-26(2)45(19-20-50-27(3)4)35-18-12-16-31(41-35)24-46-32(23-40(7,8)9)25-51-36-22-34(37-28(5)13-10-14-29(37)6)42-39(43-36)44-52(48,49)33-17-11-15-30(21-33)38(46)47/h10-18,21-22,26-27,32H,19-20,23-25H2,1-9H3,(H,42,43,44)/t32-/m1/s1. The molecule has 2 aromatic heterocycles. The van der Waals surface area contributed by atoms with Crippen molar-refractivity contribution in [3.05, 3.63) is 89.1 Å². The van der Waals surface area contributed by atoms with Crippen molar-refractivity contribution in [1.82, 2.24) is 19.9 Å². The smallest absolute Gasteiger partial charge is 0.264 e. The molecule has 0 spiro atoms. The van der Waals surface area contributed by atoms with Gasteiger partial charge in [0.2, 0.25) is 11.8 Å². The van der Waals surface area contributed by atoms with Gasteiger partial charge in [-0.15, -0.1) is 0 Å². The number of fused-ring (bicyclic) bond motifs is 4. The van der Waals surface area contributed by atoms with Crippen molar-refractivity contribution in [3.63, 3.8) is 0 Å². The third-order valence-corrected chi connectivity index (χ3v) is 10.2. The lowest BCUT2D eigenvalue weighted by molar-refractivity contribution is 0.0509. The molecular formula is C40H52N6O5S. The molecular weight excluding hydrogens is 677 g/mol. The number of carbonyl (C=O) groups is 1. The molecule has 0 saturated heterocycles. The van der Waals surface area contributed by atoms with Crippen LogP contribution in [0.1, 0.15) is 82.1 Å². The van der Waals surface area contributed by atoms with Crippen molar-refractivity contribution in [2.45, 2.75) is 98.4 Å². The second-order valence-electron chi connectivity index (χ2n) is 15.2.